The van der Waals surface area contributed by atoms with Gasteiger partial charge in [0.2, 0.25) is 0 Å². The molecule has 1 aromatic carbocycles. The summed E-state index contributed by atoms with van der Waals surface area (Å²) >= 11 is 6.21. The minimum Gasteiger partial charge on any atom is -0.377 e. The molecule has 2 aliphatic rings. The van der Waals surface area contributed by atoms with Crippen molar-refractivity contribution in [3.63, 3.8) is 0 Å². The van der Waals surface area contributed by atoms with Crippen LogP contribution in [0.2, 0.25) is 5.02 Å². The van der Waals surface area contributed by atoms with Gasteiger partial charge in [-0.2, -0.15) is 5.10 Å². The average molecular weight is 389 g/mol. The fourth-order valence-corrected chi connectivity index (χ4v) is 3.95. The largest absolute Gasteiger partial charge is 0.377 e. The number of benzene rings is 1. The van der Waals surface area contributed by atoms with Crippen LogP contribution in [0.1, 0.15) is 28.8 Å². The number of carbonyl (C=O) groups excluding carboxylic acids is 1. The first-order chi connectivity index (χ1) is 13.2. The van der Waals surface area contributed by atoms with Crippen LogP contribution in [0.4, 0.5) is 0 Å². The zero-order valence-corrected chi connectivity index (χ0v) is 16.1. The maximum atomic E-state index is 12.8. The number of amides is 1. The van der Waals surface area contributed by atoms with Crippen molar-refractivity contribution in [2.24, 2.45) is 0 Å². The molecular weight excluding hydrogens is 364 g/mol. The van der Waals surface area contributed by atoms with Gasteiger partial charge in [0, 0.05) is 50.6 Å². The summed E-state index contributed by atoms with van der Waals surface area (Å²) in [4.78, 5) is 17.1. The van der Waals surface area contributed by atoms with Gasteiger partial charge in [0.05, 0.1) is 24.4 Å². The van der Waals surface area contributed by atoms with Crippen molar-refractivity contribution in [2.45, 2.75) is 25.5 Å². The molecule has 1 amide bonds. The highest BCUT2D eigenvalue weighted by Gasteiger charge is 2.26. The van der Waals surface area contributed by atoms with Gasteiger partial charge in [-0.15, -0.1) is 0 Å². The molecule has 2 saturated heterocycles. The summed E-state index contributed by atoms with van der Waals surface area (Å²) in [6.07, 6.45) is 6.16. The molecule has 7 heteroatoms. The molecule has 0 radical (unpaired) electrons. The van der Waals surface area contributed by atoms with Crippen LogP contribution in [0.25, 0.3) is 0 Å². The quantitative estimate of drug-likeness (QED) is 0.789. The Labute approximate surface area is 164 Å². The molecule has 0 aliphatic carbocycles. The Morgan fingerprint density at radius 3 is 2.78 bits per heavy atom. The SMILES string of the molecule is O=C(c1cnn(Cc2ccccc2Cl)c1)N1CCN(CC2CCCO2)CC1. The van der Waals surface area contributed by atoms with Gasteiger partial charge in [0.15, 0.2) is 0 Å². The van der Waals surface area contributed by atoms with E-state index in [1.807, 2.05) is 35.4 Å². The van der Waals surface area contributed by atoms with Crippen LogP contribution >= 0.6 is 11.6 Å². The van der Waals surface area contributed by atoms with Crippen LogP contribution in [0.3, 0.4) is 0 Å². The van der Waals surface area contributed by atoms with Crippen molar-refractivity contribution in [3.8, 4) is 0 Å². The van der Waals surface area contributed by atoms with Crippen molar-refractivity contribution in [2.75, 3.05) is 39.3 Å². The highest BCUT2D eigenvalue weighted by atomic mass is 35.5. The number of nitrogens with zero attached hydrogens (tertiary/aromatic N) is 4. The number of ether oxygens (including phenoxy) is 1. The summed E-state index contributed by atoms with van der Waals surface area (Å²) in [6.45, 7) is 5.74. The van der Waals surface area contributed by atoms with E-state index < -0.39 is 0 Å². The number of aromatic nitrogens is 2. The van der Waals surface area contributed by atoms with Crippen LogP contribution in [0.15, 0.2) is 36.7 Å². The fourth-order valence-electron chi connectivity index (χ4n) is 3.75. The molecule has 1 unspecified atom stereocenters. The van der Waals surface area contributed by atoms with E-state index >= 15 is 0 Å². The summed E-state index contributed by atoms with van der Waals surface area (Å²) in [7, 11) is 0. The Balaban J connectivity index is 1.31. The highest BCUT2D eigenvalue weighted by molar-refractivity contribution is 6.31. The Bertz CT molecular complexity index is 780. The fraction of sp³-hybridized carbons (Fsp3) is 0.500. The lowest BCUT2D eigenvalue weighted by Crippen LogP contribution is -2.50. The van der Waals surface area contributed by atoms with E-state index in [4.69, 9.17) is 16.3 Å². The van der Waals surface area contributed by atoms with E-state index in [2.05, 4.69) is 10.00 Å². The van der Waals surface area contributed by atoms with Gasteiger partial charge < -0.3 is 9.64 Å². The molecular formula is C20H25ClN4O2. The molecule has 1 aromatic heterocycles. The lowest BCUT2D eigenvalue weighted by Gasteiger charge is -2.35. The number of piperazine rings is 1. The molecule has 0 bridgehead atoms. The lowest BCUT2D eigenvalue weighted by atomic mass is 10.2. The number of hydrogen-bond donors (Lipinski definition) is 0. The molecule has 1 atom stereocenters. The van der Waals surface area contributed by atoms with E-state index in [0.717, 1.165) is 51.3 Å². The van der Waals surface area contributed by atoms with Crippen LogP contribution in [0, 0.1) is 0 Å². The predicted molar refractivity (Wildman–Crippen MR) is 104 cm³/mol. The maximum Gasteiger partial charge on any atom is 0.257 e. The molecule has 144 valence electrons. The summed E-state index contributed by atoms with van der Waals surface area (Å²) < 4.78 is 7.48. The van der Waals surface area contributed by atoms with Crippen LogP contribution in [0.5, 0.6) is 0 Å². The van der Waals surface area contributed by atoms with E-state index in [9.17, 15) is 4.79 Å². The van der Waals surface area contributed by atoms with Gasteiger partial charge in [-0.05, 0) is 24.5 Å². The normalized spacial score (nSPS) is 20.9. The third kappa shape index (κ3) is 4.51. The first kappa shape index (κ1) is 18.5. The van der Waals surface area contributed by atoms with Crippen molar-refractivity contribution in [3.05, 3.63) is 52.8 Å². The Kier molecular flexibility index (Phi) is 5.76. The molecule has 2 aromatic rings. The van der Waals surface area contributed by atoms with Gasteiger partial charge in [0.25, 0.3) is 5.91 Å². The number of halogens is 1. The van der Waals surface area contributed by atoms with Crippen molar-refractivity contribution in [1.82, 2.24) is 19.6 Å². The third-order valence-electron chi connectivity index (χ3n) is 5.32. The predicted octanol–water partition coefficient (Wildman–Crippen LogP) is 2.52. The Hall–Kier alpha value is -1.89. The molecule has 4 rings (SSSR count). The lowest BCUT2D eigenvalue weighted by molar-refractivity contribution is 0.0432. The number of carbonyl (C=O) groups is 1. The van der Waals surface area contributed by atoms with Gasteiger partial charge >= 0.3 is 0 Å². The second kappa shape index (κ2) is 8.42. The molecule has 2 aliphatic heterocycles. The van der Waals surface area contributed by atoms with Crippen molar-refractivity contribution >= 4 is 17.5 Å². The third-order valence-corrected chi connectivity index (χ3v) is 5.68. The van der Waals surface area contributed by atoms with E-state index in [1.165, 1.54) is 6.42 Å². The Morgan fingerprint density at radius 1 is 1.22 bits per heavy atom. The van der Waals surface area contributed by atoms with Crippen molar-refractivity contribution < 1.29 is 9.53 Å². The second-order valence-electron chi connectivity index (χ2n) is 7.25. The van der Waals surface area contributed by atoms with Gasteiger partial charge in [-0.1, -0.05) is 29.8 Å². The monoisotopic (exact) mass is 388 g/mol. The van der Waals surface area contributed by atoms with Crippen molar-refractivity contribution in [1.29, 1.82) is 0 Å². The maximum absolute atomic E-state index is 12.8. The van der Waals surface area contributed by atoms with Crippen LogP contribution < -0.4 is 0 Å². The van der Waals surface area contributed by atoms with E-state index in [0.29, 0.717) is 23.2 Å². The molecule has 27 heavy (non-hydrogen) atoms. The standard InChI is InChI=1S/C20H25ClN4O2/c21-19-6-2-1-4-16(19)13-25-14-17(12-22-25)20(26)24-9-7-23(8-10-24)15-18-5-3-11-27-18/h1-2,4,6,12,14,18H,3,5,7-11,13,15H2. The topological polar surface area (TPSA) is 50.6 Å². The first-order valence-electron chi connectivity index (χ1n) is 9.58. The zero-order chi connectivity index (χ0) is 18.6. The summed E-state index contributed by atoms with van der Waals surface area (Å²) in [6, 6.07) is 7.69. The molecule has 0 spiro atoms. The molecule has 2 fully saturated rings. The number of rotatable bonds is 5. The minimum atomic E-state index is 0.0529. The van der Waals surface area contributed by atoms with E-state index in [1.54, 1.807) is 10.9 Å². The van der Waals surface area contributed by atoms with Gasteiger partial charge in [0.1, 0.15) is 0 Å². The summed E-state index contributed by atoms with van der Waals surface area (Å²) in [5.74, 6) is 0.0529. The summed E-state index contributed by atoms with van der Waals surface area (Å²) in [5, 5.41) is 5.05. The minimum absolute atomic E-state index is 0.0529. The number of hydrogen-bond acceptors (Lipinski definition) is 4. The van der Waals surface area contributed by atoms with Gasteiger partial charge in [-0.3, -0.25) is 14.4 Å². The first-order valence-corrected chi connectivity index (χ1v) is 9.96. The van der Waals surface area contributed by atoms with E-state index in [-0.39, 0.29) is 5.91 Å². The average Bonchev–Trinajstić information content (AvgIpc) is 3.36. The Morgan fingerprint density at radius 2 is 2.04 bits per heavy atom. The summed E-state index contributed by atoms with van der Waals surface area (Å²) in [5.41, 5.74) is 1.62. The smallest absolute Gasteiger partial charge is 0.257 e. The van der Waals surface area contributed by atoms with Gasteiger partial charge in [-0.25, -0.2) is 0 Å². The molecule has 0 saturated carbocycles. The second-order valence-corrected chi connectivity index (χ2v) is 7.65. The molecule has 3 heterocycles. The highest BCUT2D eigenvalue weighted by Crippen LogP contribution is 2.17. The van der Waals surface area contributed by atoms with Crippen LogP contribution in [-0.4, -0.2) is 70.9 Å². The molecule has 6 nitrogen and oxygen atoms in total. The van der Waals surface area contributed by atoms with Crippen LogP contribution in [-0.2, 0) is 11.3 Å². The molecule has 0 N–H and O–H groups in total. The zero-order valence-electron chi connectivity index (χ0n) is 15.4.